The largest absolute Gasteiger partial charge is 0.466 e. The van der Waals surface area contributed by atoms with Gasteiger partial charge in [0.2, 0.25) is 5.91 Å². The number of hydrogen-bond acceptors (Lipinski definition) is 7. The van der Waals surface area contributed by atoms with Gasteiger partial charge in [-0.2, -0.15) is 0 Å². The van der Waals surface area contributed by atoms with Crippen LogP contribution in [0.3, 0.4) is 0 Å². The van der Waals surface area contributed by atoms with Gasteiger partial charge in [0, 0.05) is 45.7 Å². The van der Waals surface area contributed by atoms with Crippen molar-refractivity contribution in [2.75, 3.05) is 52.5 Å². The van der Waals surface area contributed by atoms with Crippen LogP contribution < -0.4 is 0 Å². The van der Waals surface area contributed by atoms with E-state index in [4.69, 9.17) is 9.47 Å². The molecule has 2 aliphatic heterocycles. The first kappa shape index (κ1) is 30.3. The Balaban J connectivity index is 1.64. The Morgan fingerprint density at radius 2 is 1.85 bits per heavy atom. The summed E-state index contributed by atoms with van der Waals surface area (Å²) in [5.41, 5.74) is 1.44. The zero-order chi connectivity index (χ0) is 29.5. The summed E-state index contributed by atoms with van der Waals surface area (Å²) in [6, 6.07) is 6.95. The van der Waals surface area contributed by atoms with E-state index in [9.17, 15) is 24.3 Å². The lowest BCUT2D eigenvalue weighted by Crippen LogP contribution is -2.58. The molecular formula is C29H41N5O7. The number of benzene rings is 1. The number of fused-ring (bicyclic) bond motifs is 1. The van der Waals surface area contributed by atoms with Gasteiger partial charge in [-0.3, -0.25) is 14.4 Å². The number of aryl methyl sites for hydroxylation is 1. The SMILES string of the molecule is CCOC(=O)CCCn1c(C(=O)N(CC(C)C)[C@H]2C[C@@H](C(=O)N3CCOCC3)CN(C(=O)O)C2)nc2ccccc21. The molecular weight excluding hydrogens is 530 g/mol. The van der Waals surface area contributed by atoms with Gasteiger partial charge in [0.05, 0.1) is 42.8 Å². The van der Waals surface area contributed by atoms with Crippen molar-refractivity contribution in [2.24, 2.45) is 11.8 Å². The van der Waals surface area contributed by atoms with Crippen molar-refractivity contribution < 1.29 is 33.8 Å². The summed E-state index contributed by atoms with van der Waals surface area (Å²) < 4.78 is 12.3. The molecule has 4 rings (SSSR count). The third kappa shape index (κ3) is 7.35. The van der Waals surface area contributed by atoms with Gasteiger partial charge in [0.1, 0.15) is 0 Å². The summed E-state index contributed by atoms with van der Waals surface area (Å²) in [4.78, 5) is 61.2. The van der Waals surface area contributed by atoms with Crippen LogP contribution in [0.4, 0.5) is 4.79 Å². The standard InChI is InChI=1S/C29H41N5O7/c1-4-41-25(35)10-7-11-33-24-9-6-5-8-23(24)30-26(33)28(37)34(17-20(2)3)22-16-21(18-32(19-22)29(38)39)27(36)31-12-14-40-15-13-31/h5-6,8-9,20-22H,4,7,10-19H2,1-3H3,(H,38,39)/t21-,22+/m1/s1. The number of carbonyl (C=O) groups is 4. The van der Waals surface area contributed by atoms with Crippen LogP contribution in [0, 0.1) is 11.8 Å². The highest BCUT2D eigenvalue weighted by molar-refractivity contribution is 5.95. The first-order chi connectivity index (χ1) is 19.7. The molecule has 12 nitrogen and oxygen atoms in total. The Bertz CT molecular complexity index is 1240. The molecule has 3 heterocycles. The third-order valence-electron chi connectivity index (χ3n) is 7.55. The molecule has 12 heteroatoms. The molecule has 0 saturated carbocycles. The van der Waals surface area contributed by atoms with Gasteiger partial charge < -0.3 is 33.8 Å². The highest BCUT2D eigenvalue weighted by Crippen LogP contribution is 2.27. The maximum Gasteiger partial charge on any atom is 0.407 e. The van der Waals surface area contributed by atoms with Crippen LogP contribution in [0.25, 0.3) is 11.0 Å². The number of hydrogen-bond donors (Lipinski definition) is 1. The monoisotopic (exact) mass is 571 g/mol. The number of likely N-dealkylation sites (tertiary alicyclic amines) is 1. The molecule has 3 amide bonds. The molecule has 2 saturated heterocycles. The smallest absolute Gasteiger partial charge is 0.407 e. The van der Waals surface area contributed by atoms with Crippen molar-refractivity contribution in [3.8, 4) is 0 Å². The second-order valence-electron chi connectivity index (χ2n) is 11.0. The number of imidazole rings is 1. The minimum atomic E-state index is -1.11. The van der Waals surface area contributed by atoms with Crippen molar-refractivity contribution in [3.63, 3.8) is 0 Å². The molecule has 1 N–H and O–H groups in total. The van der Waals surface area contributed by atoms with Crippen molar-refractivity contribution in [3.05, 3.63) is 30.1 Å². The number of esters is 1. The number of carbonyl (C=O) groups excluding carboxylic acids is 3. The minimum absolute atomic E-state index is 0.0918. The van der Waals surface area contributed by atoms with Gasteiger partial charge >= 0.3 is 12.1 Å². The number of aromatic nitrogens is 2. The quantitative estimate of drug-likeness (QED) is 0.430. The molecule has 0 spiro atoms. The van der Waals surface area contributed by atoms with Gasteiger partial charge in [0.15, 0.2) is 5.82 Å². The highest BCUT2D eigenvalue weighted by Gasteiger charge is 2.40. The number of morpholine rings is 1. The van der Waals surface area contributed by atoms with Crippen LogP contribution in [0.1, 0.15) is 50.7 Å². The molecule has 2 aliphatic rings. The number of ether oxygens (including phenoxy) is 2. The second kappa shape index (κ2) is 13.8. The molecule has 0 bridgehead atoms. The van der Waals surface area contributed by atoms with Crippen LogP contribution in [0.15, 0.2) is 24.3 Å². The molecule has 1 aromatic carbocycles. The van der Waals surface area contributed by atoms with E-state index in [0.29, 0.717) is 64.4 Å². The highest BCUT2D eigenvalue weighted by atomic mass is 16.5. The fraction of sp³-hybridized carbons (Fsp3) is 0.621. The van der Waals surface area contributed by atoms with E-state index in [1.165, 1.54) is 4.90 Å². The van der Waals surface area contributed by atoms with E-state index in [2.05, 4.69) is 4.98 Å². The topological polar surface area (TPSA) is 135 Å². The van der Waals surface area contributed by atoms with Gasteiger partial charge in [-0.15, -0.1) is 0 Å². The summed E-state index contributed by atoms with van der Waals surface area (Å²) >= 11 is 0. The Morgan fingerprint density at radius 1 is 1.12 bits per heavy atom. The Hall–Kier alpha value is -3.67. The van der Waals surface area contributed by atoms with E-state index in [0.717, 1.165) is 5.52 Å². The van der Waals surface area contributed by atoms with Crippen molar-refractivity contribution in [1.82, 2.24) is 24.3 Å². The Kier molecular flexibility index (Phi) is 10.2. The average Bonchev–Trinajstić information content (AvgIpc) is 3.34. The lowest BCUT2D eigenvalue weighted by Gasteiger charge is -2.43. The number of amides is 3. The molecule has 0 radical (unpaired) electrons. The molecule has 2 atom stereocenters. The van der Waals surface area contributed by atoms with Crippen molar-refractivity contribution in [2.45, 2.75) is 52.6 Å². The predicted molar refractivity (Wildman–Crippen MR) is 150 cm³/mol. The number of carboxylic acid groups (broad SMARTS) is 1. The fourth-order valence-electron chi connectivity index (χ4n) is 5.67. The predicted octanol–water partition coefficient (Wildman–Crippen LogP) is 2.71. The van der Waals surface area contributed by atoms with Crippen LogP contribution in [-0.4, -0.2) is 112 Å². The van der Waals surface area contributed by atoms with Crippen LogP contribution in [0.2, 0.25) is 0 Å². The molecule has 1 aromatic heterocycles. The Labute approximate surface area is 240 Å². The van der Waals surface area contributed by atoms with Gasteiger partial charge in [0.25, 0.3) is 5.91 Å². The van der Waals surface area contributed by atoms with Gasteiger partial charge in [-0.25, -0.2) is 9.78 Å². The third-order valence-corrected chi connectivity index (χ3v) is 7.55. The van der Waals surface area contributed by atoms with E-state index in [1.807, 2.05) is 42.7 Å². The molecule has 0 unspecified atom stereocenters. The lowest BCUT2D eigenvalue weighted by molar-refractivity contribution is -0.143. The molecule has 0 aliphatic carbocycles. The summed E-state index contributed by atoms with van der Waals surface area (Å²) in [5, 5.41) is 9.93. The maximum absolute atomic E-state index is 14.3. The maximum atomic E-state index is 14.3. The van der Waals surface area contributed by atoms with E-state index >= 15 is 0 Å². The minimum Gasteiger partial charge on any atom is -0.466 e. The summed E-state index contributed by atoms with van der Waals surface area (Å²) in [7, 11) is 0. The molecule has 2 aromatic rings. The van der Waals surface area contributed by atoms with Crippen LogP contribution in [0.5, 0.6) is 0 Å². The summed E-state index contributed by atoms with van der Waals surface area (Å²) in [6.45, 7) is 8.89. The van der Waals surface area contributed by atoms with Crippen LogP contribution >= 0.6 is 0 Å². The number of piperidine rings is 1. The van der Waals surface area contributed by atoms with Crippen molar-refractivity contribution >= 4 is 34.9 Å². The normalized spacial score (nSPS) is 19.4. The zero-order valence-electron chi connectivity index (χ0n) is 24.2. The first-order valence-electron chi connectivity index (χ1n) is 14.5. The fourth-order valence-corrected chi connectivity index (χ4v) is 5.67. The van der Waals surface area contributed by atoms with E-state index < -0.39 is 18.1 Å². The van der Waals surface area contributed by atoms with Gasteiger partial charge in [-0.05, 0) is 37.8 Å². The number of para-hydroxylation sites is 2. The lowest BCUT2D eigenvalue weighted by atomic mass is 9.91. The molecule has 2 fully saturated rings. The molecule has 224 valence electrons. The zero-order valence-corrected chi connectivity index (χ0v) is 24.2. The van der Waals surface area contributed by atoms with E-state index in [-0.39, 0.29) is 49.0 Å². The number of rotatable bonds is 10. The van der Waals surface area contributed by atoms with Crippen molar-refractivity contribution in [1.29, 1.82) is 0 Å². The molecule has 41 heavy (non-hydrogen) atoms. The first-order valence-corrected chi connectivity index (χ1v) is 14.5. The Morgan fingerprint density at radius 3 is 2.54 bits per heavy atom. The van der Waals surface area contributed by atoms with Gasteiger partial charge in [-0.1, -0.05) is 26.0 Å². The summed E-state index contributed by atoms with van der Waals surface area (Å²) in [5.74, 6) is -0.950. The average molecular weight is 572 g/mol. The van der Waals surface area contributed by atoms with E-state index in [1.54, 1.807) is 16.7 Å². The summed E-state index contributed by atoms with van der Waals surface area (Å²) in [6.07, 6.45) is -0.0689. The second-order valence-corrected chi connectivity index (χ2v) is 11.0. The van der Waals surface area contributed by atoms with Crippen LogP contribution in [-0.2, 0) is 25.6 Å². The number of nitrogens with zero attached hydrogens (tertiary/aromatic N) is 5.